The average molecular weight is 142 g/mol. The van der Waals surface area contributed by atoms with Crippen LogP contribution in [0.1, 0.15) is 6.42 Å². The molecule has 0 saturated carbocycles. The Hall–Kier alpha value is -0.610. The Bertz CT molecular complexity index is 151. The minimum absolute atomic E-state index is 0.487. The van der Waals surface area contributed by atoms with Crippen molar-refractivity contribution in [3.63, 3.8) is 0 Å². The molecule has 2 fully saturated rings. The van der Waals surface area contributed by atoms with Crippen molar-refractivity contribution in [2.75, 3.05) is 19.6 Å². The zero-order valence-corrected chi connectivity index (χ0v) is 5.69. The predicted molar refractivity (Wildman–Crippen MR) is 33.5 cm³/mol. The summed E-state index contributed by atoms with van der Waals surface area (Å²) in [5, 5.41) is 3.72. The Morgan fingerprint density at radius 1 is 1.50 bits per heavy atom. The molecule has 0 radical (unpaired) electrons. The summed E-state index contributed by atoms with van der Waals surface area (Å²) in [6.07, 6.45) is 1.25. The van der Waals surface area contributed by atoms with Gasteiger partial charge < -0.3 is 4.84 Å². The summed E-state index contributed by atoms with van der Waals surface area (Å²) < 4.78 is 0. The molecule has 2 aliphatic rings. The van der Waals surface area contributed by atoms with Crippen molar-refractivity contribution in [3.05, 3.63) is 0 Å². The third kappa shape index (κ3) is 0.803. The lowest BCUT2D eigenvalue weighted by molar-refractivity contribution is -0.240. The normalized spacial score (nSPS) is 38.4. The third-order valence-corrected chi connectivity index (χ3v) is 2.16. The fraction of sp³-hybridized carbons (Fsp3) is 0.833. The van der Waals surface area contributed by atoms with Crippen molar-refractivity contribution in [2.24, 2.45) is 5.92 Å². The molecule has 0 aromatic rings. The lowest BCUT2D eigenvalue weighted by Crippen LogP contribution is -2.37. The summed E-state index contributed by atoms with van der Waals surface area (Å²) in [7, 11) is 0. The molecule has 4 nitrogen and oxygen atoms in total. The van der Waals surface area contributed by atoms with Crippen LogP contribution in [0.3, 0.4) is 0 Å². The van der Waals surface area contributed by atoms with Gasteiger partial charge in [0.15, 0.2) is 0 Å². The molecular formula is C6H10N2O2. The van der Waals surface area contributed by atoms with E-state index in [0.717, 1.165) is 25.6 Å². The van der Waals surface area contributed by atoms with E-state index >= 15 is 0 Å². The van der Waals surface area contributed by atoms with Gasteiger partial charge in [-0.2, -0.15) is 0 Å². The third-order valence-electron chi connectivity index (χ3n) is 2.16. The van der Waals surface area contributed by atoms with Gasteiger partial charge in [0, 0.05) is 13.1 Å². The summed E-state index contributed by atoms with van der Waals surface area (Å²) >= 11 is 0. The lowest BCUT2D eigenvalue weighted by atomic mass is 10.1. The monoisotopic (exact) mass is 142 g/mol. The van der Waals surface area contributed by atoms with E-state index in [0.29, 0.717) is 6.47 Å². The van der Waals surface area contributed by atoms with Gasteiger partial charge in [-0.15, -0.1) is 0 Å². The van der Waals surface area contributed by atoms with Crippen LogP contribution < -0.4 is 0 Å². The highest BCUT2D eigenvalue weighted by molar-refractivity contribution is 5.36. The maximum Gasteiger partial charge on any atom is 0.314 e. The Morgan fingerprint density at radius 3 is 2.90 bits per heavy atom. The van der Waals surface area contributed by atoms with Gasteiger partial charge in [0.2, 0.25) is 0 Å². The van der Waals surface area contributed by atoms with E-state index in [1.165, 1.54) is 6.42 Å². The summed E-state index contributed by atoms with van der Waals surface area (Å²) in [6.45, 7) is 3.48. The minimum atomic E-state index is 0.487. The molecule has 4 heteroatoms. The molecule has 2 heterocycles. The Labute approximate surface area is 59.3 Å². The van der Waals surface area contributed by atoms with E-state index in [1.54, 1.807) is 5.17 Å². The second-order valence-electron chi connectivity index (χ2n) is 2.80. The van der Waals surface area contributed by atoms with Gasteiger partial charge in [-0.3, -0.25) is 4.79 Å². The van der Waals surface area contributed by atoms with Crippen LogP contribution in [-0.4, -0.2) is 36.3 Å². The number of hydrazine groups is 1. The van der Waals surface area contributed by atoms with Crippen molar-refractivity contribution in [2.45, 2.75) is 6.42 Å². The van der Waals surface area contributed by atoms with Crippen LogP contribution in [0.5, 0.6) is 0 Å². The Kier molecular flexibility index (Phi) is 1.35. The number of hydrogen-bond donors (Lipinski definition) is 0. The van der Waals surface area contributed by atoms with Crippen LogP contribution in [-0.2, 0) is 9.63 Å². The number of nitrogens with zero attached hydrogens (tertiary/aromatic N) is 2. The standard InChI is InChI=1S/C6H10N2O2/c9-5-10-8-4-6-1-2-7(8)3-6/h5-6H,1-4H2. The van der Waals surface area contributed by atoms with Crippen LogP contribution in [0.15, 0.2) is 0 Å². The Morgan fingerprint density at radius 2 is 2.40 bits per heavy atom. The first kappa shape index (κ1) is 6.12. The zero-order valence-electron chi connectivity index (χ0n) is 5.69. The number of carbonyl (C=O) groups excluding carboxylic acids is 1. The van der Waals surface area contributed by atoms with Gasteiger partial charge in [-0.05, 0) is 12.3 Å². The largest absolute Gasteiger partial charge is 0.356 e. The van der Waals surface area contributed by atoms with E-state index in [2.05, 4.69) is 5.01 Å². The molecule has 10 heavy (non-hydrogen) atoms. The van der Waals surface area contributed by atoms with E-state index in [-0.39, 0.29) is 0 Å². The summed E-state index contributed by atoms with van der Waals surface area (Å²) in [5.41, 5.74) is 0. The molecule has 2 saturated heterocycles. The van der Waals surface area contributed by atoms with E-state index in [1.807, 2.05) is 0 Å². The molecule has 2 bridgehead atoms. The van der Waals surface area contributed by atoms with E-state index in [9.17, 15) is 4.79 Å². The first-order valence-electron chi connectivity index (χ1n) is 3.53. The maximum absolute atomic E-state index is 9.95. The lowest BCUT2D eigenvalue weighted by Gasteiger charge is -2.24. The van der Waals surface area contributed by atoms with Gasteiger partial charge in [0.25, 0.3) is 0 Å². The Balaban J connectivity index is 1.95. The van der Waals surface area contributed by atoms with Gasteiger partial charge in [-0.1, -0.05) is 5.17 Å². The smallest absolute Gasteiger partial charge is 0.314 e. The maximum atomic E-state index is 9.95. The highest BCUT2D eigenvalue weighted by Gasteiger charge is 2.37. The molecule has 0 spiro atoms. The quantitative estimate of drug-likeness (QED) is 0.492. The number of hydrogen-bond acceptors (Lipinski definition) is 4. The van der Waals surface area contributed by atoms with Crippen molar-refractivity contribution in [1.82, 2.24) is 10.2 Å². The molecule has 0 amide bonds. The molecule has 0 aromatic carbocycles. The van der Waals surface area contributed by atoms with Crippen molar-refractivity contribution >= 4 is 6.47 Å². The fourth-order valence-electron chi connectivity index (χ4n) is 1.66. The topological polar surface area (TPSA) is 32.8 Å². The molecule has 0 N–H and O–H groups in total. The van der Waals surface area contributed by atoms with Gasteiger partial charge in [0.1, 0.15) is 0 Å². The van der Waals surface area contributed by atoms with Crippen molar-refractivity contribution < 1.29 is 9.63 Å². The van der Waals surface area contributed by atoms with Gasteiger partial charge in [-0.25, -0.2) is 5.01 Å². The summed E-state index contributed by atoms with van der Waals surface area (Å²) in [4.78, 5) is 14.7. The first-order valence-corrected chi connectivity index (χ1v) is 3.53. The SMILES string of the molecule is O=CON1CC2CCN1C2. The highest BCUT2D eigenvalue weighted by Crippen LogP contribution is 2.26. The molecule has 2 rings (SSSR count). The highest BCUT2D eigenvalue weighted by atomic mass is 16.7. The second kappa shape index (κ2) is 2.21. The summed E-state index contributed by atoms with van der Waals surface area (Å²) in [6, 6.07) is 0. The minimum Gasteiger partial charge on any atom is -0.356 e. The molecule has 2 aliphatic heterocycles. The van der Waals surface area contributed by atoms with Crippen LogP contribution in [0.25, 0.3) is 0 Å². The molecule has 0 aliphatic carbocycles. The van der Waals surface area contributed by atoms with Crippen LogP contribution in [0, 0.1) is 5.92 Å². The van der Waals surface area contributed by atoms with Crippen LogP contribution in [0.4, 0.5) is 0 Å². The first-order chi connectivity index (χ1) is 4.90. The molecule has 0 aromatic heterocycles. The predicted octanol–water partition coefficient (Wildman–Crippen LogP) is -0.373. The zero-order chi connectivity index (χ0) is 6.97. The molecular weight excluding hydrogens is 132 g/mol. The van der Waals surface area contributed by atoms with Gasteiger partial charge in [0.05, 0.1) is 6.54 Å². The average Bonchev–Trinajstić information content (AvgIpc) is 2.48. The van der Waals surface area contributed by atoms with Crippen LogP contribution >= 0.6 is 0 Å². The number of rotatable bonds is 2. The molecule has 2 unspecified atom stereocenters. The van der Waals surface area contributed by atoms with Crippen LogP contribution in [0.2, 0.25) is 0 Å². The van der Waals surface area contributed by atoms with Gasteiger partial charge >= 0.3 is 6.47 Å². The molecule has 56 valence electrons. The van der Waals surface area contributed by atoms with Crippen molar-refractivity contribution in [1.29, 1.82) is 0 Å². The number of carbonyl (C=O) groups is 1. The number of fused-ring (bicyclic) bond motifs is 2. The van der Waals surface area contributed by atoms with Crippen molar-refractivity contribution in [3.8, 4) is 0 Å². The number of hydroxylamine groups is 1. The fourth-order valence-corrected chi connectivity index (χ4v) is 1.66. The van der Waals surface area contributed by atoms with E-state index in [4.69, 9.17) is 4.84 Å². The summed E-state index contributed by atoms with van der Waals surface area (Å²) in [5.74, 6) is 0.722. The molecule has 2 atom stereocenters. The second-order valence-corrected chi connectivity index (χ2v) is 2.80. The van der Waals surface area contributed by atoms with E-state index < -0.39 is 0 Å².